The van der Waals surface area contributed by atoms with Crippen LogP contribution in [-0.2, 0) is 4.79 Å². The van der Waals surface area contributed by atoms with Crippen LogP contribution in [0, 0.1) is 6.92 Å². The summed E-state index contributed by atoms with van der Waals surface area (Å²) < 4.78 is 0. The topological polar surface area (TPSA) is 66.5 Å². The van der Waals surface area contributed by atoms with Crippen molar-refractivity contribution < 1.29 is 14.4 Å². The fourth-order valence-electron chi connectivity index (χ4n) is 3.06. The molecule has 2 aromatic rings. The average Bonchev–Trinajstić information content (AvgIpc) is 2.91. The van der Waals surface area contributed by atoms with Crippen LogP contribution >= 0.6 is 23.4 Å². The summed E-state index contributed by atoms with van der Waals surface area (Å²) in [6.07, 6.45) is 2.29. The molecular formula is C20H19ClN2O3S. The summed E-state index contributed by atoms with van der Waals surface area (Å²) in [6, 6.07) is 11.0. The first-order chi connectivity index (χ1) is 13.0. The van der Waals surface area contributed by atoms with E-state index in [0.29, 0.717) is 34.0 Å². The first kappa shape index (κ1) is 19.5. The summed E-state index contributed by atoms with van der Waals surface area (Å²) in [6.45, 7) is 1.80. The third kappa shape index (κ3) is 3.73. The van der Waals surface area contributed by atoms with Crippen molar-refractivity contribution in [3.05, 3.63) is 64.2 Å². The number of carbonyl (C=O) groups is 3. The highest BCUT2D eigenvalue weighted by molar-refractivity contribution is 7.98. The number of hydrogen-bond donors (Lipinski definition) is 1. The smallest absolute Gasteiger partial charge is 0.262 e. The van der Waals surface area contributed by atoms with Crippen molar-refractivity contribution in [2.75, 3.05) is 17.3 Å². The average molecular weight is 403 g/mol. The Labute approximate surface area is 167 Å². The molecule has 2 aromatic carbocycles. The van der Waals surface area contributed by atoms with E-state index in [9.17, 15) is 14.4 Å². The van der Waals surface area contributed by atoms with E-state index in [1.807, 2.05) is 6.26 Å². The molecule has 0 spiro atoms. The van der Waals surface area contributed by atoms with Crippen molar-refractivity contribution >= 4 is 46.8 Å². The maximum Gasteiger partial charge on any atom is 0.262 e. The Hall–Kier alpha value is -2.31. The minimum Gasteiger partial charge on any atom is -0.324 e. The molecule has 1 N–H and O–H groups in total. The van der Waals surface area contributed by atoms with E-state index >= 15 is 0 Å². The summed E-state index contributed by atoms with van der Waals surface area (Å²) in [4.78, 5) is 39.7. The lowest BCUT2D eigenvalue weighted by Gasteiger charge is -2.25. The van der Waals surface area contributed by atoms with Gasteiger partial charge in [0.05, 0.1) is 11.1 Å². The standard InChI is InChI=1S/C20H19ClN2O3S/c1-12-15(21)8-5-9-16(12)22-18(24)17(10-11-27-2)23-19(25)13-6-3-4-7-14(13)20(23)26/h3-9,17H,10-11H2,1-2H3,(H,22,24). The van der Waals surface area contributed by atoms with Crippen LogP contribution in [0.2, 0.25) is 5.02 Å². The normalized spacial score (nSPS) is 14.3. The van der Waals surface area contributed by atoms with Crippen LogP contribution in [0.5, 0.6) is 0 Å². The number of imide groups is 1. The van der Waals surface area contributed by atoms with Crippen LogP contribution in [0.3, 0.4) is 0 Å². The fraction of sp³-hybridized carbons (Fsp3) is 0.250. The minimum atomic E-state index is -0.886. The Kier molecular flexibility index (Phi) is 5.87. The second-order valence-corrected chi connectivity index (χ2v) is 7.62. The number of fused-ring (bicyclic) bond motifs is 1. The molecule has 1 aliphatic rings. The molecule has 0 radical (unpaired) electrons. The van der Waals surface area contributed by atoms with Gasteiger partial charge in [0.15, 0.2) is 0 Å². The maximum atomic E-state index is 13.0. The molecule has 1 atom stereocenters. The van der Waals surface area contributed by atoms with Gasteiger partial charge in [0.25, 0.3) is 11.8 Å². The van der Waals surface area contributed by atoms with Crippen LogP contribution < -0.4 is 5.32 Å². The zero-order valence-electron chi connectivity index (χ0n) is 15.0. The lowest BCUT2D eigenvalue weighted by atomic mass is 10.1. The molecule has 0 saturated carbocycles. The van der Waals surface area contributed by atoms with Gasteiger partial charge in [0.2, 0.25) is 5.91 Å². The van der Waals surface area contributed by atoms with Crippen molar-refractivity contribution in [1.82, 2.24) is 4.90 Å². The summed E-state index contributed by atoms with van der Waals surface area (Å²) in [5.41, 5.74) is 1.98. The van der Waals surface area contributed by atoms with Crippen molar-refractivity contribution in [3.63, 3.8) is 0 Å². The summed E-state index contributed by atoms with van der Waals surface area (Å²) >= 11 is 7.68. The van der Waals surface area contributed by atoms with Crippen LogP contribution in [0.15, 0.2) is 42.5 Å². The van der Waals surface area contributed by atoms with Gasteiger partial charge in [-0.25, -0.2) is 0 Å². The van der Waals surface area contributed by atoms with E-state index in [-0.39, 0.29) is 0 Å². The Bertz CT molecular complexity index is 881. The molecule has 1 unspecified atom stereocenters. The van der Waals surface area contributed by atoms with E-state index in [1.165, 1.54) is 0 Å². The molecule has 0 saturated heterocycles. The predicted octanol–water partition coefficient (Wildman–Crippen LogP) is 4.00. The zero-order valence-corrected chi connectivity index (χ0v) is 16.6. The number of nitrogens with one attached hydrogen (secondary N) is 1. The number of benzene rings is 2. The number of thioether (sulfide) groups is 1. The molecule has 0 bridgehead atoms. The molecule has 3 rings (SSSR count). The van der Waals surface area contributed by atoms with Crippen molar-refractivity contribution in [3.8, 4) is 0 Å². The predicted molar refractivity (Wildman–Crippen MR) is 109 cm³/mol. The van der Waals surface area contributed by atoms with Gasteiger partial charge in [-0.2, -0.15) is 11.8 Å². The highest BCUT2D eigenvalue weighted by Gasteiger charge is 2.42. The molecule has 27 heavy (non-hydrogen) atoms. The highest BCUT2D eigenvalue weighted by Crippen LogP contribution is 2.28. The monoisotopic (exact) mass is 402 g/mol. The van der Waals surface area contributed by atoms with Crippen molar-refractivity contribution in [2.24, 2.45) is 0 Å². The van der Waals surface area contributed by atoms with Crippen LogP contribution in [0.1, 0.15) is 32.7 Å². The lowest BCUT2D eigenvalue weighted by Crippen LogP contribution is -2.47. The second-order valence-electron chi connectivity index (χ2n) is 6.22. The molecule has 1 aliphatic heterocycles. The number of rotatable bonds is 6. The third-order valence-electron chi connectivity index (χ3n) is 4.56. The van der Waals surface area contributed by atoms with E-state index in [2.05, 4.69) is 5.32 Å². The van der Waals surface area contributed by atoms with E-state index in [0.717, 1.165) is 10.5 Å². The molecule has 0 aliphatic carbocycles. The Morgan fingerprint density at radius 3 is 2.33 bits per heavy atom. The molecular weight excluding hydrogens is 384 g/mol. The summed E-state index contributed by atoms with van der Waals surface area (Å²) in [5.74, 6) is -0.622. The lowest BCUT2D eigenvalue weighted by molar-refractivity contribution is -0.120. The first-order valence-electron chi connectivity index (χ1n) is 8.47. The van der Waals surface area contributed by atoms with Gasteiger partial charge in [-0.05, 0) is 55.2 Å². The number of anilines is 1. The van der Waals surface area contributed by atoms with Crippen LogP contribution in [0.25, 0.3) is 0 Å². The van der Waals surface area contributed by atoms with E-state index in [1.54, 1.807) is 61.2 Å². The summed E-state index contributed by atoms with van der Waals surface area (Å²) in [5, 5.41) is 3.36. The fourth-order valence-corrected chi connectivity index (χ4v) is 3.69. The second kappa shape index (κ2) is 8.15. The number of carbonyl (C=O) groups excluding carboxylic acids is 3. The highest BCUT2D eigenvalue weighted by atomic mass is 35.5. The Morgan fingerprint density at radius 1 is 1.11 bits per heavy atom. The SMILES string of the molecule is CSCCC(C(=O)Nc1cccc(Cl)c1C)N1C(=O)c2ccccc2C1=O. The molecule has 5 nitrogen and oxygen atoms in total. The number of halogens is 1. The Morgan fingerprint density at radius 2 is 1.74 bits per heavy atom. The quantitative estimate of drug-likeness (QED) is 0.741. The van der Waals surface area contributed by atoms with Gasteiger partial charge in [-0.1, -0.05) is 29.8 Å². The van der Waals surface area contributed by atoms with Crippen LogP contribution in [-0.4, -0.2) is 40.7 Å². The third-order valence-corrected chi connectivity index (χ3v) is 5.61. The van der Waals surface area contributed by atoms with E-state index in [4.69, 9.17) is 11.6 Å². The first-order valence-corrected chi connectivity index (χ1v) is 10.2. The van der Waals surface area contributed by atoms with Gasteiger partial charge >= 0.3 is 0 Å². The molecule has 0 fully saturated rings. The van der Waals surface area contributed by atoms with Crippen molar-refractivity contribution in [2.45, 2.75) is 19.4 Å². The molecule has 140 valence electrons. The van der Waals surface area contributed by atoms with Gasteiger partial charge in [0.1, 0.15) is 6.04 Å². The molecule has 0 aromatic heterocycles. The number of amides is 3. The molecule has 1 heterocycles. The molecule has 3 amide bonds. The van der Waals surface area contributed by atoms with Gasteiger partial charge < -0.3 is 5.32 Å². The largest absolute Gasteiger partial charge is 0.324 e. The minimum absolute atomic E-state index is 0.336. The zero-order chi connectivity index (χ0) is 19.6. The van der Waals surface area contributed by atoms with Crippen LogP contribution in [0.4, 0.5) is 5.69 Å². The Balaban J connectivity index is 1.90. The molecule has 7 heteroatoms. The van der Waals surface area contributed by atoms with Gasteiger partial charge in [0, 0.05) is 10.7 Å². The van der Waals surface area contributed by atoms with E-state index < -0.39 is 23.8 Å². The van der Waals surface area contributed by atoms with Gasteiger partial charge in [-0.15, -0.1) is 0 Å². The maximum absolute atomic E-state index is 13.0. The number of hydrogen-bond acceptors (Lipinski definition) is 4. The van der Waals surface area contributed by atoms with Gasteiger partial charge in [-0.3, -0.25) is 19.3 Å². The number of nitrogens with zero attached hydrogens (tertiary/aromatic N) is 1. The summed E-state index contributed by atoms with van der Waals surface area (Å²) in [7, 11) is 0. The van der Waals surface area contributed by atoms with Crippen molar-refractivity contribution in [1.29, 1.82) is 0 Å².